The molecule has 28 heavy (non-hydrogen) atoms. The molecule has 0 unspecified atom stereocenters. The van der Waals surface area contributed by atoms with Crippen molar-refractivity contribution in [3.8, 4) is 11.5 Å². The normalized spacial score (nSPS) is 14.4. The first kappa shape index (κ1) is 18.1. The number of hydrogen-bond acceptors (Lipinski definition) is 6. The number of rotatable bonds is 6. The molecule has 2 aromatic carbocycles. The Hall–Kier alpha value is -3.25. The number of ether oxygens (including phenoxy) is 1. The Morgan fingerprint density at radius 1 is 1.00 bits per heavy atom. The van der Waals surface area contributed by atoms with Crippen molar-refractivity contribution in [2.45, 2.75) is 18.9 Å². The number of anilines is 1. The number of nitrogens with zero attached hydrogens (tertiary/aromatic N) is 2. The average molecular weight is 373 g/mol. The summed E-state index contributed by atoms with van der Waals surface area (Å²) in [4.78, 5) is 8.51. The van der Waals surface area contributed by atoms with E-state index in [1.165, 1.54) is 6.33 Å². The van der Waals surface area contributed by atoms with Crippen molar-refractivity contribution >= 4 is 11.5 Å². The minimum atomic E-state index is 0.365. The van der Waals surface area contributed by atoms with Crippen LogP contribution in [0.2, 0.25) is 0 Å². The second kappa shape index (κ2) is 8.63. The van der Waals surface area contributed by atoms with Crippen LogP contribution in [-0.4, -0.2) is 34.8 Å². The summed E-state index contributed by atoms with van der Waals surface area (Å²) in [5.41, 5.74) is 1.89. The third-order valence-electron chi connectivity index (χ3n) is 4.78. The predicted molar refractivity (Wildman–Crippen MR) is 110 cm³/mol. The summed E-state index contributed by atoms with van der Waals surface area (Å²) in [6.07, 6.45) is 5.31. The molecule has 2 heterocycles. The molecule has 1 aliphatic rings. The van der Waals surface area contributed by atoms with Gasteiger partial charge in [0, 0.05) is 17.8 Å². The van der Waals surface area contributed by atoms with E-state index in [-0.39, 0.29) is 0 Å². The average Bonchev–Trinajstić information content (AvgIpc) is 2.76. The van der Waals surface area contributed by atoms with Crippen LogP contribution in [0.4, 0.5) is 5.82 Å². The van der Waals surface area contributed by atoms with Crippen molar-refractivity contribution in [3.63, 3.8) is 0 Å². The van der Waals surface area contributed by atoms with Gasteiger partial charge in [-0.2, -0.15) is 0 Å². The third kappa shape index (κ3) is 4.35. The van der Waals surface area contributed by atoms with Gasteiger partial charge in [-0.1, -0.05) is 18.2 Å². The highest BCUT2D eigenvalue weighted by atomic mass is 16.5. The molecule has 0 aliphatic carbocycles. The Morgan fingerprint density at radius 3 is 2.46 bits per heavy atom. The zero-order valence-corrected chi connectivity index (χ0v) is 15.6. The summed E-state index contributed by atoms with van der Waals surface area (Å²) < 4.78 is 5.83. The number of aromatic nitrogens is 2. The molecule has 0 radical (unpaired) electrons. The second-order valence-electron chi connectivity index (χ2n) is 6.77. The van der Waals surface area contributed by atoms with Crippen molar-refractivity contribution < 1.29 is 4.74 Å². The summed E-state index contributed by atoms with van der Waals surface area (Å²) in [5, 5.41) is 15.5. The van der Waals surface area contributed by atoms with E-state index in [0.717, 1.165) is 48.8 Å². The van der Waals surface area contributed by atoms with E-state index in [4.69, 9.17) is 10.1 Å². The van der Waals surface area contributed by atoms with Crippen LogP contribution in [0, 0.1) is 5.41 Å². The van der Waals surface area contributed by atoms with Gasteiger partial charge in [-0.05, 0) is 62.3 Å². The van der Waals surface area contributed by atoms with Crippen LogP contribution in [0.15, 0.2) is 67.1 Å². The van der Waals surface area contributed by atoms with Gasteiger partial charge in [0.25, 0.3) is 0 Å². The Kier molecular flexibility index (Phi) is 5.58. The first-order chi connectivity index (χ1) is 13.8. The van der Waals surface area contributed by atoms with Crippen LogP contribution < -0.4 is 15.4 Å². The van der Waals surface area contributed by atoms with Gasteiger partial charge in [-0.25, -0.2) is 9.97 Å². The first-order valence-corrected chi connectivity index (χ1v) is 9.49. The van der Waals surface area contributed by atoms with Crippen LogP contribution in [0.3, 0.4) is 0 Å². The zero-order valence-electron chi connectivity index (χ0n) is 15.6. The number of hydrogen-bond donors (Lipinski definition) is 3. The van der Waals surface area contributed by atoms with Gasteiger partial charge in [0.15, 0.2) is 0 Å². The van der Waals surface area contributed by atoms with Crippen molar-refractivity contribution in [2.24, 2.45) is 0 Å². The predicted octanol–water partition coefficient (Wildman–Crippen LogP) is 3.85. The SMILES string of the molecule is N=C(c1ccc(Oc2ccccc2)cc1)c1cncnc1NC1CCNCC1. The Balaban J connectivity index is 1.49. The molecule has 1 saturated heterocycles. The van der Waals surface area contributed by atoms with Gasteiger partial charge in [-0.15, -0.1) is 0 Å². The largest absolute Gasteiger partial charge is 0.457 e. The topological polar surface area (TPSA) is 82.9 Å². The Labute approximate surface area is 164 Å². The summed E-state index contributed by atoms with van der Waals surface area (Å²) in [6.45, 7) is 2.00. The molecule has 6 nitrogen and oxygen atoms in total. The molecule has 3 aromatic rings. The molecule has 3 N–H and O–H groups in total. The van der Waals surface area contributed by atoms with E-state index in [1.54, 1.807) is 6.20 Å². The molecule has 1 aliphatic heterocycles. The van der Waals surface area contributed by atoms with Crippen molar-refractivity contribution in [2.75, 3.05) is 18.4 Å². The van der Waals surface area contributed by atoms with E-state index >= 15 is 0 Å². The van der Waals surface area contributed by atoms with Crippen LogP contribution in [0.25, 0.3) is 0 Å². The van der Waals surface area contributed by atoms with E-state index in [9.17, 15) is 0 Å². The molecule has 0 amide bonds. The maximum atomic E-state index is 8.65. The molecule has 0 spiro atoms. The minimum Gasteiger partial charge on any atom is -0.457 e. The molecule has 142 valence electrons. The summed E-state index contributed by atoms with van der Waals surface area (Å²) in [7, 11) is 0. The summed E-state index contributed by atoms with van der Waals surface area (Å²) >= 11 is 0. The van der Waals surface area contributed by atoms with Gasteiger partial charge in [-0.3, -0.25) is 5.41 Å². The molecule has 0 atom stereocenters. The fourth-order valence-electron chi connectivity index (χ4n) is 3.26. The van der Waals surface area contributed by atoms with Crippen molar-refractivity contribution in [3.05, 3.63) is 78.2 Å². The van der Waals surface area contributed by atoms with Gasteiger partial charge in [0.05, 0.1) is 11.3 Å². The monoisotopic (exact) mass is 373 g/mol. The highest BCUT2D eigenvalue weighted by Gasteiger charge is 2.17. The fourth-order valence-corrected chi connectivity index (χ4v) is 3.26. The van der Waals surface area contributed by atoms with Gasteiger partial charge >= 0.3 is 0 Å². The van der Waals surface area contributed by atoms with E-state index in [1.807, 2.05) is 54.6 Å². The molecule has 0 bridgehead atoms. The molecular formula is C22H23N5O. The number of benzene rings is 2. The van der Waals surface area contributed by atoms with Crippen LogP contribution in [-0.2, 0) is 0 Å². The Morgan fingerprint density at radius 2 is 1.71 bits per heavy atom. The lowest BCUT2D eigenvalue weighted by Gasteiger charge is -2.25. The first-order valence-electron chi connectivity index (χ1n) is 9.49. The van der Waals surface area contributed by atoms with E-state index < -0.39 is 0 Å². The summed E-state index contributed by atoms with van der Waals surface area (Å²) in [6, 6.07) is 17.5. The maximum absolute atomic E-state index is 8.65. The summed E-state index contributed by atoms with van der Waals surface area (Å²) in [5.74, 6) is 2.24. The number of para-hydroxylation sites is 1. The highest BCUT2D eigenvalue weighted by Crippen LogP contribution is 2.23. The molecule has 1 aromatic heterocycles. The molecular weight excluding hydrogens is 350 g/mol. The fraction of sp³-hybridized carbons (Fsp3) is 0.227. The van der Waals surface area contributed by atoms with Crippen molar-refractivity contribution in [1.82, 2.24) is 15.3 Å². The van der Waals surface area contributed by atoms with Crippen LogP contribution in [0.1, 0.15) is 24.0 Å². The maximum Gasteiger partial charge on any atom is 0.139 e. The highest BCUT2D eigenvalue weighted by molar-refractivity contribution is 6.13. The van der Waals surface area contributed by atoms with Gasteiger partial charge in [0.1, 0.15) is 23.6 Å². The second-order valence-corrected chi connectivity index (χ2v) is 6.77. The van der Waals surface area contributed by atoms with Crippen molar-refractivity contribution in [1.29, 1.82) is 5.41 Å². The minimum absolute atomic E-state index is 0.365. The quantitative estimate of drug-likeness (QED) is 0.572. The standard InChI is InChI=1S/C22H23N5O/c23-21(16-6-8-19(9-7-16)28-18-4-2-1-3-5-18)20-14-25-15-26-22(20)27-17-10-12-24-13-11-17/h1-9,14-15,17,23-24H,10-13H2,(H,25,26,27). The van der Waals surface area contributed by atoms with Crippen LogP contribution in [0.5, 0.6) is 11.5 Å². The number of nitrogens with one attached hydrogen (secondary N) is 3. The van der Waals surface area contributed by atoms with Gasteiger partial charge in [0.2, 0.25) is 0 Å². The molecule has 4 rings (SSSR count). The van der Waals surface area contributed by atoms with Crippen LogP contribution >= 0.6 is 0 Å². The lowest BCUT2D eigenvalue weighted by molar-refractivity contribution is 0.478. The Bertz CT molecular complexity index is 921. The smallest absolute Gasteiger partial charge is 0.139 e. The van der Waals surface area contributed by atoms with Gasteiger partial charge < -0.3 is 15.4 Å². The number of piperidine rings is 1. The van der Waals surface area contributed by atoms with E-state index in [2.05, 4.69) is 20.6 Å². The lowest BCUT2D eigenvalue weighted by atomic mass is 10.0. The zero-order chi connectivity index (χ0) is 19.2. The molecule has 0 saturated carbocycles. The molecule has 6 heteroatoms. The molecule has 1 fully saturated rings. The lowest BCUT2D eigenvalue weighted by Crippen LogP contribution is -2.35. The van der Waals surface area contributed by atoms with E-state index in [0.29, 0.717) is 17.3 Å². The third-order valence-corrected chi connectivity index (χ3v) is 4.78.